The standard InChI is InChI=1S/C10H18N4O5/c1-10(2,7-19-14(17)18)8(15)12-3-5-13(6-4-12)9(11)16/h3-7H2,1-2H3,(H2,11,16). The minimum absolute atomic E-state index is 0.238. The lowest BCUT2D eigenvalue weighted by molar-refractivity contribution is -0.760. The zero-order chi connectivity index (χ0) is 14.6. The number of carbonyl (C=O) groups excluding carboxylic acids is 2. The van der Waals surface area contributed by atoms with Crippen molar-refractivity contribution in [2.24, 2.45) is 11.1 Å². The maximum absolute atomic E-state index is 12.2. The van der Waals surface area contributed by atoms with Gasteiger partial charge in [-0.1, -0.05) is 0 Å². The molecule has 0 spiro atoms. The summed E-state index contributed by atoms with van der Waals surface area (Å²) >= 11 is 0. The van der Waals surface area contributed by atoms with Crippen LogP contribution in [0.3, 0.4) is 0 Å². The smallest absolute Gasteiger partial charge is 0.314 e. The monoisotopic (exact) mass is 274 g/mol. The molecule has 0 atom stereocenters. The van der Waals surface area contributed by atoms with Gasteiger partial charge in [-0.3, -0.25) is 4.79 Å². The topological polar surface area (TPSA) is 119 Å². The number of nitrogens with two attached hydrogens (primary N) is 1. The number of hydrogen-bond acceptors (Lipinski definition) is 5. The Bertz CT molecular complexity index is 376. The van der Waals surface area contributed by atoms with Crippen LogP contribution in [-0.2, 0) is 9.63 Å². The number of amides is 3. The number of nitrogens with zero attached hydrogens (tertiary/aromatic N) is 3. The van der Waals surface area contributed by atoms with E-state index < -0.39 is 16.5 Å². The average Bonchev–Trinajstić information content (AvgIpc) is 2.35. The fourth-order valence-corrected chi connectivity index (χ4v) is 1.83. The second kappa shape index (κ2) is 5.72. The van der Waals surface area contributed by atoms with Crippen LogP contribution in [-0.4, -0.2) is 59.6 Å². The van der Waals surface area contributed by atoms with Crippen LogP contribution in [0.25, 0.3) is 0 Å². The lowest BCUT2D eigenvalue weighted by Crippen LogP contribution is -2.55. The molecule has 108 valence electrons. The maximum Gasteiger partial charge on any atom is 0.314 e. The van der Waals surface area contributed by atoms with E-state index in [1.165, 1.54) is 4.90 Å². The number of carbonyl (C=O) groups is 2. The molecule has 0 unspecified atom stereocenters. The summed E-state index contributed by atoms with van der Waals surface area (Å²) in [6, 6.07) is -0.511. The van der Waals surface area contributed by atoms with E-state index >= 15 is 0 Å². The van der Waals surface area contributed by atoms with Crippen molar-refractivity contribution in [2.45, 2.75) is 13.8 Å². The van der Waals surface area contributed by atoms with E-state index in [0.717, 1.165) is 0 Å². The van der Waals surface area contributed by atoms with Gasteiger partial charge in [0, 0.05) is 26.2 Å². The van der Waals surface area contributed by atoms with Crippen LogP contribution in [0, 0.1) is 15.5 Å². The van der Waals surface area contributed by atoms with Crippen LogP contribution in [0.15, 0.2) is 0 Å². The van der Waals surface area contributed by atoms with E-state index in [4.69, 9.17) is 5.73 Å². The lowest BCUT2D eigenvalue weighted by atomic mass is 9.92. The Labute approximate surface area is 110 Å². The largest absolute Gasteiger partial charge is 0.351 e. The van der Waals surface area contributed by atoms with Crippen molar-refractivity contribution in [2.75, 3.05) is 32.8 Å². The quantitative estimate of drug-likeness (QED) is 0.544. The molecule has 3 amide bonds. The van der Waals surface area contributed by atoms with Crippen molar-refractivity contribution >= 4 is 11.9 Å². The van der Waals surface area contributed by atoms with Gasteiger partial charge < -0.3 is 20.4 Å². The summed E-state index contributed by atoms with van der Waals surface area (Å²) in [5, 5.41) is 9.25. The Morgan fingerprint density at radius 1 is 1.26 bits per heavy atom. The molecule has 1 rings (SSSR count). The highest BCUT2D eigenvalue weighted by Crippen LogP contribution is 2.20. The molecule has 19 heavy (non-hydrogen) atoms. The molecule has 0 saturated carbocycles. The van der Waals surface area contributed by atoms with Crippen molar-refractivity contribution in [3.8, 4) is 0 Å². The highest BCUT2D eigenvalue weighted by atomic mass is 16.9. The summed E-state index contributed by atoms with van der Waals surface area (Å²) in [5.41, 5.74) is 4.16. The van der Waals surface area contributed by atoms with Gasteiger partial charge in [-0.05, 0) is 13.8 Å². The number of primary amides is 1. The highest BCUT2D eigenvalue weighted by molar-refractivity contribution is 5.82. The predicted octanol–water partition coefficient (Wildman–Crippen LogP) is -0.556. The first-order chi connectivity index (χ1) is 8.74. The van der Waals surface area contributed by atoms with Gasteiger partial charge in [0.15, 0.2) is 0 Å². The number of rotatable bonds is 4. The van der Waals surface area contributed by atoms with Gasteiger partial charge in [0.2, 0.25) is 5.91 Å². The van der Waals surface area contributed by atoms with Gasteiger partial charge in [-0.15, -0.1) is 10.1 Å². The molecule has 1 aliphatic rings. The fraction of sp³-hybridized carbons (Fsp3) is 0.800. The molecular weight excluding hydrogens is 256 g/mol. The molecule has 1 heterocycles. The van der Waals surface area contributed by atoms with Crippen molar-refractivity contribution in [3.63, 3.8) is 0 Å². The third-order valence-corrected chi connectivity index (χ3v) is 2.99. The van der Waals surface area contributed by atoms with E-state index in [0.29, 0.717) is 26.2 Å². The van der Waals surface area contributed by atoms with E-state index in [9.17, 15) is 19.7 Å². The van der Waals surface area contributed by atoms with Crippen LogP contribution >= 0.6 is 0 Å². The molecule has 0 aliphatic carbocycles. The van der Waals surface area contributed by atoms with E-state index in [-0.39, 0.29) is 12.5 Å². The Balaban J connectivity index is 2.54. The second-order valence-electron chi connectivity index (χ2n) is 5.00. The summed E-state index contributed by atoms with van der Waals surface area (Å²) in [6.07, 6.45) is 0. The zero-order valence-electron chi connectivity index (χ0n) is 11.0. The first-order valence-electron chi connectivity index (χ1n) is 5.85. The van der Waals surface area contributed by atoms with Gasteiger partial charge in [0.25, 0.3) is 5.09 Å². The predicted molar refractivity (Wildman–Crippen MR) is 64.5 cm³/mol. The Morgan fingerprint density at radius 3 is 2.16 bits per heavy atom. The molecule has 1 fully saturated rings. The molecule has 0 radical (unpaired) electrons. The summed E-state index contributed by atoms with van der Waals surface area (Å²) in [6.45, 7) is 4.33. The molecule has 1 saturated heterocycles. The minimum Gasteiger partial charge on any atom is -0.351 e. The molecule has 9 heteroatoms. The summed E-state index contributed by atoms with van der Waals surface area (Å²) in [4.78, 5) is 40.6. The van der Waals surface area contributed by atoms with Gasteiger partial charge >= 0.3 is 6.03 Å². The third kappa shape index (κ3) is 3.97. The van der Waals surface area contributed by atoms with Crippen molar-refractivity contribution in [1.82, 2.24) is 9.80 Å². The number of piperazine rings is 1. The highest BCUT2D eigenvalue weighted by Gasteiger charge is 2.35. The van der Waals surface area contributed by atoms with Crippen LogP contribution in [0.1, 0.15) is 13.8 Å². The lowest BCUT2D eigenvalue weighted by Gasteiger charge is -2.37. The number of urea groups is 1. The minimum atomic E-state index is -0.984. The molecule has 0 aromatic carbocycles. The summed E-state index contributed by atoms with van der Waals surface area (Å²) < 4.78 is 0. The maximum atomic E-state index is 12.2. The Morgan fingerprint density at radius 2 is 1.74 bits per heavy atom. The van der Waals surface area contributed by atoms with Gasteiger partial charge in [-0.2, -0.15) is 0 Å². The normalized spacial score (nSPS) is 16.1. The second-order valence-corrected chi connectivity index (χ2v) is 5.00. The van der Waals surface area contributed by atoms with Gasteiger partial charge in [0.05, 0.1) is 5.41 Å². The van der Waals surface area contributed by atoms with Crippen molar-refractivity contribution in [3.05, 3.63) is 10.1 Å². The van der Waals surface area contributed by atoms with Crippen LogP contribution in [0.5, 0.6) is 0 Å². The van der Waals surface area contributed by atoms with Gasteiger partial charge in [-0.25, -0.2) is 4.79 Å². The van der Waals surface area contributed by atoms with Crippen molar-refractivity contribution < 1.29 is 19.5 Å². The van der Waals surface area contributed by atoms with Crippen LogP contribution < -0.4 is 5.73 Å². The van der Waals surface area contributed by atoms with E-state index in [1.54, 1.807) is 18.7 Å². The number of hydrogen-bond donors (Lipinski definition) is 1. The summed E-state index contributed by atoms with van der Waals surface area (Å²) in [7, 11) is 0. The van der Waals surface area contributed by atoms with Gasteiger partial charge in [0.1, 0.15) is 6.61 Å². The first-order valence-corrected chi connectivity index (χ1v) is 5.85. The summed E-state index contributed by atoms with van der Waals surface area (Å²) in [5.74, 6) is -0.238. The SMILES string of the molecule is CC(C)(CO[N+](=O)[O-])C(=O)N1CCN(C(N)=O)CC1. The fourth-order valence-electron chi connectivity index (χ4n) is 1.83. The van der Waals surface area contributed by atoms with E-state index in [2.05, 4.69) is 4.84 Å². The molecule has 2 N–H and O–H groups in total. The molecule has 0 aromatic heterocycles. The zero-order valence-corrected chi connectivity index (χ0v) is 11.0. The third-order valence-electron chi connectivity index (χ3n) is 2.99. The van der Waals surface area contributed by atoms with E-state index in [1.807, 2.05) is 0 Å². The molecule has 0 bridgehead atoms. The van der Waals surface area contributed by atoms with Crippen molar-refractivity contribution in [1.29, 1.82) is 0 Å². The molecular formula is C10H18N4O5. The van der Waals surface area contributed by atoms with Crippen LogP contribution in [0.4, 0.5) is 4.79 Å². The molecule has 9 nitrogen and oxygen atoms in total. The molecule has 1 aliphatic heterocycles. The average molecular weight is 274 g/mol. The van der Waals surface area contributed by atoms with Crippen LogP contribution in [0.2, 0.25) is 0 Å². The molecule has 0 aromatic rings. The Kier molecular flexibility index (Phi) is 4.52. The Hall–Kier alpha value is -2.06. The first kappa shape index (κ1) is 15.0.